The van der Waals surface area contributed by atoms with Crippen LogP contribution in [0.5, 0.6) is 0 Å². The van der Waals surface area contributed by atoms with E-state index >= 15 is 0 Å². The van der Waals surface area contributed by atoms with Crippen LogP contribution in [0, 0.1) is 12.7 Å². The summed E-state index contributed by atoms with van der Waals surface area (Å²) >= 11 is 0. The molecule has 1 atom stereocenters. The fourth-order valence-corrected chi connectivity index (χ4v) is 5.71. The first-order valence-corrected chi connectivity index (χ1v) is 13.8. The Labute approximate surface area is 221 Å². The molecule has 0 saturated carbocycles. The van der Waals surface area contributed by atoms with Gasteiger partial charge in [0.25, 0.3) is 0 Å². The number of hydrogen-bond donors (Lipinski definition) is 1. The summed E-state index contributed by atoms with van der Waals surface area (Å²) in [6.45, 7) is 16.7. The molecule has 0 radical (unpaired) electrons. The van der Waals surface area contributed by atoms with Crippen molar-refractivity contribution < 1.29 is 4.39 Å². The molecule has 2 bridgehead atoms. The van der Waals surface area contributed by atoms with Crippen LogP contribution >= 0.6 is 0 Å². The Morgan fingerprint density at radius 1 is 1.08 bits per heavy atom. The molecule has 3 aliphatic rings. The van der Waals surface area contributed by atoms with Crippen LogP contribution in [0.25, 0.3) is 11.5 Å². The molecule has 1 aromatic heterocycles. The summed E-state index contributed by atoms with van der Waals surface area (Å²) < 4.78 is 16.5. The maximum atomic E-state index is 14.4. The van der Waals surface area contributed by atoms with Crippen molar-refractivity contribution in [3.63, 3.8) is 0 Å². The van der Waals surface area contributed by atoms with Crippen LogP contribution in [0.3, 0.4) is 0 Å². The minimum atomic E-state index is -0.207. The lowest BCUT2D eigenvalue weighted by atomic mass is 9.94. The first-order chi connectivity index (χ1) is 17.9. The number of likely N-dealkylation sites (N-methyl/N-ethyl adjacent to an activating group) is 1. The molecular weight excluding hydrogens is 463 g/mol. The van der Waals surface area contributed by atoms with E-state index in [1.807, 2.05) is 6.07 Å². The van der Waals surface area contributed by atoms with Crippen molar-refractivity contribution in [2.75, 3.05) is 46.3 Å². The average molecular weight is 505 g/mol. The lowest BCUT2D eigenvalue weighted by Gasteiger charge is -2.38. The molecule has 198 valence electrons. The van der Waals surface area contributed by atoms with Gasteiger partial charge in [-0.25, -0.2) is 9.07 Å². The number of allylic oxidation sites excluding steroid dienone is 1. The van der Waals surface area contributed by atoms with Crippen molar-refractivity contribution in [3.05, 3.63) is 77.5 Å². The zero-order valence-corrected chi connectivity index (χ0v) is 22.5. The number of nitrogens with zero attached hydrogens (tertiary/aromatic N) is 5. The first kappa shape index (κ1) is 25.6. The summed E-state index contributed by atoms with van der Waals surface area (Å²) in [5.74, 6) is 0.838. The topological polar surface area (TPSA) is 39.6 Å². The summed E-state index contributed by atoms with van der Waals surface area (Å²) in [6.07, 6.45) is 8.56. The van der Waals surface area contributed by atoms with E-state index in [4.69, 9.17) is 5.10 Å². The first-order valence-electron chi connectivity index (χ1n) is 13.8. The highest BCUT2D eigenvalue weighted by atomic mass is 19.1. The largest absolute Gasteiger partial charge is 0.372 e. The molecule has 0 amide bonds. The summed E-state index contributed by atoms with van der Waals surface area (Å²) in [5, 5.41) is 8.78. The molecule has 37 heavy (non-hydrogen) atoms. The molecule has 5 rings (SSSR count). The molecule has 3 aliphatic heterocycles. The van der Waals surface area contributed by atoms with Crippen molar-refractivity contribution in [2.45, 2.75) is 51.5 Å². The quantitative estimate of drug-likeness (QED) is 0.622. The van der Waals surface area contributed by atoms with Gasteiger partial charge in [0, 0.05) is 68.5 Å². The van der Waals surface area contributed by atoms with E-state index in [0.717, 1.165) is 111 Å². The van der Waals surface area contributed by atoms with Crippen LogP contribution in [0.2, 0.25) is 0 Å². The van der Waals surface area contributed by atoms with Gasteiger partial charge < -0.3 is 20.0 Å². The van der Waals surface area contributed by atoms with Gasteiger partial charge in [-0.05, 0) is 75.8 Å². The van der Waals surface area contributed by atoms with Crippen LogP contribution in [0.4, 0.5) is 4.39 Å². The van der Waals surface area contributed by atoms with Crippen molar-refractivity contribution >= 4 is 11.5 Å². The highest BCUT2D eigenvalue weighted by Crippen LogP contribution is 2.38. The van der Waals surface area contributed by atoms with Gasteiger partial charge in [0.2, 0.25) is 0 Å². The summed E-state index contributed by atoms with van der Waals surface area (Å²) in [6, 6.07) is 7.52. The van der Waals surface area contributed by atoms with Gasteiger partial charge in [-0.2, -0.15) is 5.10 Å². The Kier molecular flexibility index (Phi) is 7.70. The van der Waals surface area contributed by atoms with Gasteiger partial charge in [-0.15, -0.1) is 0 Å². The smallest absolute Gasteiger partial charge is 0.132 e. The molecule has 6 nitrogen and oxygen atoms in total. The number of halogens is 1. The molecule has 1 unspecified atom stereocenters. The van der Waals surface area contributed by atoms with Crippen molar-refractivity contribution in [3.8, 4) is 0 Å². The molecular formula is C30H41FN6. The number of benzene rings is 1. The lowest BCUT2D eigenvalue weighted by molar-refractivity contribution is 0.225. The Hall–Kier alpha value is -3.06. The minimum absolute atomic E-state index is 0.122. The Bertz CT molecular complexity index is 1180. The number of rotatable bonds is 2. The van der Waals surface area contributed by atoms with E-state index in [1.54, 1.807) is 12.1 Å². The predicted octanol–water partition coefficient (Wildman–Crippen LogP) is 5.01. The highest BCUT2D eigenvalue weighted by Gasteiger charge is 2.30. The van der Waals surface area contributed by atoms with E-state index in [9.17, 15) is 4.39 Å². The SMILES string of the molecule is C=C(/C=C1/N(C)CCNCCCc2ccc(F)cc2C(=C)N2CCCCC2c2cc(C)n1n2)N1CCC1. The predicted molar refractivity (Wildman–Crippen MR) is 149 cm³/mol. The van der Waals surface area contributed by atoms with Crippen LogP contribution in [-0.4, -0.2) is 70.8 Å². The number of piperidine rings is 1. The van der Waals surface area contributed by atoms with E-state index in [-0.39, 0.29) is 11.9 Å². The normalized spacial score (nSPS) is 22.5. The number of likely N-dealkylation sites (tertiary alicyclic amines) is 1. The zero-order valence-electron chi connectivity index (χ0n) is 22.5. The molecule has 2 fully saturated rings. The maximum Gasteiger partial charge on any atom is 0.132 e. The molecule has 7 heteroatoms. The summed E-state index contributed by atoms with van der Waals surface area (Å²) in [5.41, 5.74) is 6.20. The number of hydrogen-bond acceptors (Lipinski definition) is 5. The van der Waals surface area contributed by atoms with Gasteiger partial charge in [0.15, 0.2) is 0 Å². The van der Waals surface area contributed by atoms with Crippen LogP contribution < -0.4 is 5.32 Å². The van der Waals surface area contributed by atoms with E-state index in [0.29, 0.717) is 0 Å². The third kappa shape index (κ3) is 5.47. The fourth-order valence-electron chi connectivity index (χ4n) is 5.71. The zero-order chi connectivity index (χ0) is 25.9. The minimum Gasteiger partial charge on any atom is -0.372 e. The third-order valence-electron chi connectivity index (χ3n) is 8.07. The Morgan fingerprint density at radius 2 is 1.92 bits per heavy atom. The highest BCUT2D eigenvalue weighted by molar-refractivity contribution is 5.66. The van der Waals surface area contributed by atoms with Gasteiger partial charge in [0.1, 0.15) is 11.6 Å². The van der Waals surface area contributed by atoms with Gasteiger partial charge in [-0.3, -0.25) is 0 Å². The van der Waals surface area contributed by atoms with Gasteiger partial charge >= 0.3 is 0 Å². The molecule has 2 saturated heterocycles. The molecule has 4 heterocycles. The van der Waals surface area contributed by atoms with Gasteiger partial charge in [-0.1, -0.05) is 19.2 Å². The summed E-state index contributed by atoms with van der Waals surface area (Å²) in [4.78, 5) is 6.97. The van der Waals surface area contributed by atoms with Crippen LogP contribution in [0.15, 0.2) is 49.2 Å². The van der Waals surface area contributed by atoms with Crippen molar-refractivity contribution in [1.29, 1.82) is 0 Å². The van der Waals surface area contributed by atoms with E-state index in [1.165, 1.54) is 6.42 Å². The van der Waals surface area contributed by atoms with Crippen molar-refractivity contribution in [1.82, 2.24) is 29.8 Å². The van der Waals surface area contributed by atoms with E-state index in [2.05, 4.69) is 64.0 Å². The van der Waals surface area contributed by atoms with Crippen LogP contribution in [-0.2, 0) is 6.42 Å². The number of aromatic nitrogens is 2. The fraction of sp³-hybridized carbons (Fsp3) is 0.500. The van der Waals surface area contributed by atoms with Crippen LogP contribution in [0.1, 0.15) is 60.7 Å². The molecule has 0 spiro atoms. The van der Waals surface area contributed by atoms with Crippen molar-refractivity contribution in [2.24, 2.45) is 0 Å². The number of fused-ring (bicyclic) bond motifs is 5. The summed E-state index contributed by atoms with van der Waals surface area (Å²) in [7, 11) is 2.14. The number of nitrogens with one attached hydrogen (secondary N) is 1. The second-order valence-electron chi connectivity index (χ2n) is 10.7. The lowest BCUT2D eigenvalue weighted by Crippen LogP contribution is -2.36. The molecule has 2 aromatic rings. The monoisotopic (exact) mass is 504 g/mol. The second kappa shape index (κ2) is 11.1. The third-order valence-corrected chi connectivity index (χ3v) is 8.07. The Balaban J connectivity index is 1.55. The van der Waals surface area contributed by atoms with E-state index < -0.39 is 0 Å². The molecule has 1 N–H and O–H groups in total. The second-order valence-corrected chi connectivity index (χ2v) is 10.7. The number of aryl methyl sites for hydroxylation is 2. The standard InChI is InChI=1S/C30H41FN6/c1-22(35-15-8-16-35)20-30-34(4)18-14-32-13-7-9-25-11-12-26(31)21-27(25)24(3)36-17-6-5-10-29(36)28-19-23(2)37(30)33-28/h11-12,19-21,29,32H,1,3,5-10,13-18H2,2,4H3/b30-20-. The Morgan fingerprint density at radius 3 is 2.70 bits per heavy atom. The molecule has 1 aromatic carbocycles. The molecule has 0 aliphatic carbocycles. The van der Waals surface area contributed by atoms with Gasteiger partial charge in [0.05, 0.1) is 11.7 Å². The maximum absolute atomic E-state index is 14.4. The average Bonchev–Trinajstić information content (AvgIpc) is 3.24.